The maximum atomic E-state index is 10.1. The fourth-order valence-electron chi connectivity index (χ4n) is 0.219. The molecular weight excluding hydrogens is 218 g/mol. The Hall–Kier alpha value is 2.13. The SMILES string of the molecule is NCCNOC(=O)C(=O)O.[H-].[H-].[K+].[K+]. The van der Waals surface area contributed by atoms with Crippen LogP contribution in [0.2, 0.25) is 0 Å². The maximum Gasteiger partial charge on any atom is 1.00 e. The van der Waals surface area contributed by atoms with Gasteiger partial charge in [0.05, 0.1) is 0 Å². The zero-order valence-electron chi connectivity index (χ0n) is 9.16. The largest absolute Gasteiger partial charge is 1.00 e. The zero-order valence-corrected chi connectivity index (χ0v) is 13.4. The molecule has 0 amide bonds. The summed E-state index contributed by atoms with van der Waals surface area (Å²) in [6, 6.07) is 0. The molecule has 6 nitrogen and oxygen atoms in total. The third kappa shape index (κ3) is 12.1. The molecule has 0 aromatic carbocycles. The Bertz CT molecular complexity index is 151. The van der Waals surface area contributed by atoms with Gasteiger partial charge in [-0.15, -0.1) is 0 Å². The monoisotopic (exact) mass is 228 g/mol. The molecular formula is C4H10K2N2O4. The Balaban J connectivity index is -0.0000000675. The molecule has 0 aromatic heterocycles. The summed E-state index contributed by atoms with van der Waals surface area (Å²) < 4.78 is 0. The van der Waals surface area contributed by atoms with Crippen molar-refractivity contribution in [2.24, 2.45) is 5.73 Å². The van der Waals surface area contributed by atoms with Crippen LogP contribution < -0.4 is 114 Å². The Labute approximate surface area is 158 Å². The standard InChI is InChI=1S/C4H8N2O4.2K.2H/c5-1-2-6-10-4(9)3(7)8;;;;/h6H,1-2,5H2,(H,7,8);;;;/q;2*+1;2*-1. The third-order valence-electron chi connectivity index (χ3n) is 0.586. The second kappa shape index (κ2) is 13.1. The van der Waals surface area contributed by atoms with E-state index in [4.69, 9.17) is 10.8 Å². The van der Waals surface area contributed by atoms with Gasteiger partial charge in [-0.2, -0.15) is 5.48 Å². The van der Waals surface area contributed by atoms with Gasteiger partial charge in [0.2, 0.25) is 0 Å². The average Bonchev–Trinajstić information content (AvgIpc) is 1.88. The van der Waals surface area contributed by atoms with Crippen molar-refractivity contribution in [1.29, 1.82) is 0 Å². The van der Waals surface area contributed by atoms with Gasteiger partial charge in [0.25, 0.3) is 0 Å². The fourth-order valence-corrected chi connectivity index (χ4v) is 0.219. The van der Waals surface area contributed by atoms with Crippen molar-refractivity contribution in [2.45, 2.75) is 0 Å². The predicted molar refractivity (Wildman–Crippen MR) is 33.0 cm³/mol. The molecule has 62 valence electrons. The first-order chi connectivity index (χ1) is 4.68. The van der Waals surface area contributed by atoms with Crippen molar-refractivity contribution < 1.29 is 125 Å². The van der Waals surface area contributed by atoms with E-state index < -0.39 is 11.9 Å². The molecule has 0 radical (unpaired) electrons. The minimum absolute atomic E-state index is 0. The van der Waals surface area contributed by atoms with Crippen LogP contribution in [-0.4, -0.2) is 30.1 Å². The van der Waals surface area contributed by atoms with Crippen LogP contribution in [-0.2, 0) is 14.4 Å². The average molecular weight is 228 g/mol. The number of aliphatic carboxylic acids is 1. The van der Waals surface area contributed by atoms with E-state index in [0.717, 1.165) is 0 Å². The van der Waals surface area contributed by atoms with Crippen molar-refractivity contribution in [1.82, 2.24) is 5.48 Å². The number of carbonyl (C=O) groups is 2. The van der Waals surface area contributed by atoms with Crippen LogP contribution in [0.1, 0.15) is 2.85 Å². The second-order valence-electron chi connectivity index (χ2n) is 1.38. The quantitative estimate of drug-likeness (QED) is 0.192. The second-order valence-corrected chi connectivity index (χ2v) is 1.38. The van der Waals surface area contributed by atoms with Crippen molar-refractivity contribution in [3.8, 4) is 0 Å². The van der Waals surface area contributed by atoms with Gasteiger partial charge in [0, 0.05) is 13.1 Å². The molecule has 12 heavy (non-hydrogen) atoms. The Morgan fingerprint density at radius 2 is 2.00 bits per heavy atom. The first-order valence-electron chi connectivity index (χ1n) is 2.55. The number of hydroxylamine groups is 1. The number of hydrogen-bond acceptors (Lipinski definition) is 5. The number of hydrogen-bond donors (Lipinski definition) is 3. The van der Waals surface area contributed by atoms with Crippen molar-refractivity contribution in [3.05, 3.63) is 0 Å². The predicted octanol–water partition coefficient (Wildman–Crippen LogP) is -7.69. The topological polar surface area (TPSA) is 102 Å². The van der Waals surface area contributed by atoms with Gasteiger partial charge in [-0.1, -0.05) is 0 Å². The summed E-state index contributed by atoms with van der Waals surface area (Å²) in [6.07, 6.45) is 0. The van der Waals surface area contributed by atoms with E-state index in [9.17, 15) is 9.59 Å². The first-order valence-corrected chi connectivity index (χ1v) is 2.55. The van der Waals surface area contributed by atoms with E-state index in [0.29, 0.717) is 0 Å². The van der Waals surface area contributed by atoms with Gasteiger partial charge in [-0.05, 0) is 0 Å². The summed E-state index contributed by atoms with van der Waals surface area (Å²) >= 11 is 0. The van der Waals surface area contributed by atoms with E-state index in [1.165, 1.54) is 0 Å². The molecule has 0 fully saturated rings. The molecule has 0 aliphatic rings. The van der Waals surface area contributed by atoms with E-state index in [1.807, 2.05) is 0 Å². The van der Waals surface area contributed by atoms with Crippen molar-refractivity contribution in [3.63, 3.8) is 0 Å². The molecule has 0 aliphatic carbocycles. The molecule has 0 atom stereocenters. The smallest absolute Gasteiger partial charge is 1.00 e. The normalized spacial score (nSPS) is 7.42. The molecule has 0 spiro atoms. The summed E-state index contributed by atoms with van der Waals surface area (Å²) in [7, 11) is 0. The Kier molecular flexibility index (Phi) is 21.5. The Morgan fingerprint density at radius 1 is 1.50 bits per heavy atom. The molecule has 0 rings (SSSR count). The van der Waals surface area contributed by atoms with E-state index >= 15 is 0 Å². The Morgan fingerprint density at radius 3 is 2.33 bits per heavy atom. The molecule has 4 N–H and O–H groups in total. The molecule has 0 saturated heterocycles. The van der Waals surface area contributed by atoms with Crippen molar-refractivity contribution in [2.75, 3.05) is 13.1 Å². The van der Waals surface area contributed by atoms with E-state index in [2.05, 4.69) is 10.3 Å². The molecule has 0 saturated carbocycles. The number of carboxylic acids is 1. The van der Waals surface area contributed by atoms with Gasteiger partial charge < -0.3 is 18.5 Å². The number of carboxylic acid groups (broad SMARTS) is 1. The van der Waals surface area contributed by atoms with E-state index in [1.54, 1.807) is 0 Å². The van der Waals surface area contributed by atoms with Crippen molar-refractivity contribution >= 4 is 11.9 Å². The summed E-state index contributed by atoms with van der Waals surface area (Å²) in [5.74, 6) is -2.97. The number of carbonyl (C=O) groups excluding carboxylic acids is 1. The van der Waals surface area contributed by atoms with Gasteiger partial charge >= 0.3 is 115 Å². The van der Waals surface area contributed by atoms with Crippen LogP contribution in [0.3, 0.4) is 0 Å². The van der Waals surface area contributed by atoms with Crippen LogP contribution in [0.15, 0.2) is 0 Å². The number of rotatable bonds is 3. The van der Waals surface area contributed by atoms with Crippen LogP contribution >= 0.6 is 0 Å². The van der Waals surface area contributed by atoms with Gasteiger partial charge in [0.1, 0.15) is 0 Å². The third-order valence-corrected chi connectivity index (χ3v) is 0.586. The first kappa shape index (κ1) is 19.7. The molecule has 0 aromatic rings. The summed E-state index contributed by atoms with van der Waals surface area (Å²) in [5.41, 5.74) is 7.05. The molecule has 0 heterocycles. The van der Waals surface area contributed by atoms with Crippen LogP contribution in [0.25, 0.3) is 0 Å². The number of nitrogens with two attached hydrogens (primary N) is 1. The fraction of sp³-hybridized carbons (Fsp3) is 0.500. The van der Waals surface area contributed by atoms with Gasteiger partial charge in [0.15, 0.2) is 0 Å². The maximum absolute atomic E-state index is 10.1. The van der Waals surface area contributed by atoms with Crippen LogP contribution in [0.5, 0.6) is 0 Å². The van der Waals surface area contributed by atoms with Crippen LogP contribution in [0, 0.1) is 0 Å². The summed E-state index contributed by atoms with van der Waals surface area (Å²) in [6.45, 7) is 0.506. The summed E-state index contributed by atoms with van der Waals surface area (Å²) in [5, 5.41) is 7.94. The molecule has 0 aliphatic heterocycles. The number of nitrogens with one attached hydrogen (secondary N) is 1. The van der Waals surface area contributed by atoms with Crippen LogP contribution in [0.4, 0.5) is 0 Å². The van der Waals surface area contributed by atoms with Gasteiger partial charge in [-0.25, -0.2) is 9.59 Å². The molecule has 0 unspecified atom stereocenters. The molecule has 8 heteroatoms. The van der Waals surface area contributed by atoms with Gasteiger partial charge in [-0.3, -0.25) is 0 Å². The minimum Gasteiger partial charge on any atom is -1.00 e. The van der Waals surface area contributed by atoms with E-state index in [-0.39, 0.29) is 119 Å². The molecule has 0 bridgehead atoms. The minimum atomic E-state index is -1.63. The zero-order chi connectivity index (χ0) is 7.98. The summed E-state index contributed by atoms with van der Waals surface area (Å²) in [4.78, 5) is 23.8.